The van der Waals surface area contributed by atoms with Crippen LogP contribution in [0.25, 0.3) is 0 Å². The Morgan fingerprint density at radius 2 is 2.19 bits per heavy atom. The van der Waals surface area contributed by atoms with E-state index in [0.29, 0.717) is 6.04 Å². The summed E-state index contributed by atoms with van der Waals surface area (Å²) in [5, 5.41) is 5.13. The Morgan fingerprint density at radius 1 is 1.50 bits per heavy atom. The van der Waals surface area contributed by atoms with E-state index < -0.39 is 0 Å². The van der Waals surface area contributed by atoms with E-state index in [-0.39, 0.29) is 5.91 Å². The van der Waals surface area contributed by atoms with Gasteiger partial charge in [-0.2, -0.15) is 0 Å². The predicted octanol–water partition coefficient (Wildman–Crippen LogP) is 1.88. The van der Waals surface area contributed by atoms with Gasteiger partial charge in [-0.3, -0.25) is 4.79 Å². The lowest BCUT2D eigenvalue weighted by atomic mass is 10.1. The molecule has 1 aliphatic heterocycles. The monoisotopic (exact) mass is 238 g/mol. The van der Waals surface area contributed by atoms with Gasteiger partial charge in [-0.25, -0.2) is 0 Å². The van der Waals surface area contributed by atoms with Crippen LogP contribution < -0.4 is 5.32 Å². The summed E-state index contributed by atoms with van der Waals surface area (Å²) >= 11 is 1.52. The topological polar surface area (TPSA) is 32.3 Å². The minimum absolute atomic E-state index is 0.0904. The molecule has 0 spiro atoms. The number of carbonyl (C=O) groups is 1. The van der Waals surface area contributed by atoms with Crippen molar-refractivity contribution in [3.63, 3.8) is 0 Å². The fourth-order valence-electron chi connectivity index (χ4n) is 1.96. The lowest BCUT2D eigenvalue weighted by Crippen LogP contribution is -2.43. The highest BCUT2D eigenvalue weighted by Crippen LogP contribution is 2.15. The van der Waals surface area contributed by atoms with E-state index in [9.17, 15) is 4.79 Å². The van der Waals surface area contributed by atoms with Crippen molar-refractivity contribution in [2.45, 2.75) is 25.8 Å². The smallest absolute Gasteiger partial charge is 0.261 e. The molecule has 0 saturated carbocycles. The van der Waals surface area contributed by atoms with Crippen molar-refractivity contribution in [3.8, 4) is 0 Å². The van der Waals surface area contributed by atoms with Gasteiger partial charge in [-0.05, 0) is 56.9 Å². The first-order chi connectivity index (χ1) is 7.65. The molecule has 1 amide bonds. The van der Waals surface area contributed by atoms with Crippen LogP contribution in [0.15, 0.2) is 11.4 Å². The van der Waals surface area contributed by atoms with Crippen LogP contribution in [-0.4, -0.2) is 37.0 Å². The van der Waals surface area contributed by atoms with Crippen molar-refractivity contribution >= 4 is 17.2 Å². The zero-order valence-corrected chi connectivity index (χ0v) is 10.6. The van der Waals surface area contributed by atoms with Crippen LogP contribution in [0.3, 0.4) is 0 Å². The molecule has 1 saturated heterocycles. The molecular formula is C12H18N2OS. The molecule has 1 aromatic rings. The quantitative estimate of drug-likeness (QED) is 0.853. The third-order valence-corrected chi connectivity index (χ3v) is 4.05. The van der Waals surface area contributed by atoms with Crippen molar-refractivity contribution in [2.24, 2.45) is 0 Å². The van der Waals surface area contributed by atoms with Gasteiger partial charge in [0.25, 0.3) is 5.91 Å². The molecule has 1 aliphatic rings. The molecule has 1 aromatic heterocycles. The molecule has 0 unspecified atom stereocenters. The summed E-state index contributed by atoms with van der Waals surface area (Å²) in [4.78, 5) is 15.0. The second-order valence-electron chi connectivity index (χ2n) is 4.54. The Morgan fingerprint density at radius 3 is 2.75 bits per heavy atom. The van der Waals surface area contributed by atoms with Crippen LogP contribution in [0.5, 0.6) is 0 Å². The number of rotatable bonds is 2. The molecule has 88 valence electrons. The lowest BCUT2D eigenvalue weighted by molar-refractivity contribution is 0.0921. The van der Waals surface area contributed by atoms with E-state index in [0.717, 1.165) is 30.8 Å². The lowest BCUT2D eigenvalue weighted by Gasteiger charge is -2.29. The average molecular weight is 238 g/mol. The molecule has 0 bridgehead atoms. The number of likely N-dealkylation sites (tertiary alicyclic amines) is 1. The second kappa shape index (κ2) is 4.97. The zero-order valence-electron chi connectivity index (χ0n) is 9.82. The number of thiophene rings is 1. The molecule has 0 atom stereocenters. The van der Waals surface area contributed by atoms with E-state index in [1.807, 2.05) is 18.4 Å². The Labute approximate surface area is 100 Å². The maximum atomic E-state index is 11.9. The van der Waals surface area contributed by atoms with E-state index in [1.54, 1.807) is 0 Å². The van der Waals surface area contributed by atoms with Crippen molar-refractivity contribution in [1.29, 1.82) is 0 Å². The summed E-state index contributed by atoms with van der Waals surface area (Å²) in [5.41, 5.74) is 1.17. The van der Waals surface area contributed by atoms with E-state index in [2.05, 4.69) is 17.3 Å². The van der Waals surface area contributed by atoms with Crippen LogP contribution >= 0.6 is 11.3 Å². The van der Waals surface area contributed by atoms with Crippen LogP contribution in [0.4, 0.5) is 0 Å². The first kappa shape index (κ1) is 11.6. The van der Waals surface area contributed by atoms with Crippen LogP contribution in [-0.2, 0) is 0 Å². The maximum Gasteiger partial charge on any atom is 0.261 e. The Kier molecular flexibility index (Phi) is 3.61. The molecule has 0 aliphatic carbocycles. The highest BCUT2D eigenvalue weighted by atomic mass is 32.1. The Hall–Kier alpha value is -0.870. The van der Waals surface area contributed by atoms with Crippen LogP contribution in [0.2, 0.25) is 0 Å². The summed E-state index contributed by atoms with van der Waals surface area (Å²) in [6.07, 6.45) is 2.12. The molecule has 0 aromatic carbocycles. The number of piperidine rings is 1. The number of amides is 1. The van der Waals surface area contributed by atoms with Gasteiger partial charge < -0.3 is 10.2 Å². The van der Waals surface area contributed by atoms with E-state index in [1.165, 1.54) is 16.9 Å². The molecule has 4 heteroatoms. The second-order valence-corrected chi connectivity index (χ2v) is 5.45. The van der Waals surface area contributed by atoms with Gasteiger partial charge in [-0.1, -0.05) is 0 Å². The number of carbonyl (C=O) groups excluding carboxylic acids is 1. The molecular weight excluding hydrogens is 220 g/mol. The number of nitrogens with one attached hydrogen (secondary N) is 1. The third kappa shape index (κ3) is 2.83. The first-order valence-corrected chi connectivity index (χ1v) is 6.57. The highest BCUT2D eigenvalue weighted by molar-refractivity contribution is 7.12. The summed E-state index contributed by atoms with van der Waals surface area (Å²) in [5.74, 6) is 0.0904. The molecule has 1 N–H and O–H groups in total. The summed E-state index contributed by atoms with van der Waals surface area (Å²) in [6.45, 7) is 4.17. The average Bonchev–Trinajstić information content (AvgIpc) is 2.68. The number of hydrogen-bond acceptors (Lipinski definition) is 3. The Bertz CT molecular complexity index is 367. The molecule has 3 nitrogen and oxygen atoms in total. The standard InChI is InChI=1S/C12H18N2OS/c1-9-7-11(16-8-9)12(15)13-10-3-5-14(2)6-4-10/h7-8,10H,3-6H2,1-2H3,(H,13,15). The third-order valence-electron chi connectivity index (χ3n) is 3.01. The largest absolute Gasteiger partial charge is 0.349 e. The van der Waals surface area contributed by atoms with Gasteiger partial charge >= 0.3 is 0 Å². The van der Waals surface area contributed by atoms with Crippen molar-refractivity contribution in [3.05, 3.63) is 21.9 Å². The van der Waals surface area contributed by atoms with Gasteiger partial charge in [0.05, 0.1) is 4.88 Å². The van der Waals surface area contributed by atoms with Crippen LogP contribution in [0.1, 0.15) is 28.1 Å². The molecule has 2 rings (SSSR count). The van der Waals surface area contributed by atoms with Crippen molar-refractivity contribution in [2.75, 3.05) is 20.1 Å². The van der Waals surface area contributed by atoms with Crippen molar-refractivity contribution in [1.82, 2.24) is 10.2 Å². The number of nitrogens with zero attached hydrogens (tertiary/aromatic N) is 1. The predicted molar refractivity (Wildman–Crippen MR) is 67.0 cm³/mol. The highest BCUT2D eigenvalue weighted by Gasteiger charge is 2.19. The van der Waals surface area contributed by atoms with Crippen LogP contribution in [0, 0.1) is 6.92 Å². The van der Waals surface area contributed by atoms with Gasteiger partial charge in [0.1, 0.15) is 0 Å². The number of aryl methyl sites for hydroxylation is 1. The normalized spacial score (nSPS) is 18.6. The van der Waals surface area contributed by atoms with Gasteiger partial charge in [0.2, 0.25) is 0 Å². The maximum absolute atomic E-state index is 11.9. The van der Waals surface area contributed by atoms with E-state index >= 15 is 0 Å². The van der Waals surface area contributed by atoms with Crippen molar-refractivity contribution < 1.29 is 4.79 Å². The fraction of sp³-hybridized carbons (Fsp3) is 0.583. The van der Waals surface area contributed by atoms with E-state index in [4.69, 9.17) is 0 Å². The minimum atomic E-state index is 0.0904. The number of hydrogen-bond donors (Lipinski definition) is 1. The Balaban J connectivity index is 1.88. The summed E-state index contributed by atoms with van der Waals surface area (Å²) < 4.78 is 0. The molecule has 16 heavy (non-hydrogen) atoms. The van der Waals surface area contributed by atoms with Gasteiger partial charge in [0, 0.05) is 6.04 Å². The molecule has 1 fully saturated rings. The SMILES string of the molecule is Cc1csc(C(=O)NC2CCN(C)CC2)c1. The van der Waals surface area contributed by atoms with Gasteiger partial charge in [-0.15, -0.1) is 11.3 Å². The van der Waals surface area contributed by atoms with Gasteiger partial charge in [0.15, 0.2) is 0 Å². The zero-order chi connectivity index (χ0) is 11.5. The molecule has 2 heterocycles. The first-order valence-electron chi connectivity index (χ1n) is 5.69. The minimum Gasteiger partial charge on any atom is -0.349 e. The molecule has 0 radical (unpaired) electrons. The summed E-state index contributed by atoms with van der Waals surface area (Å²) in [7, 11) is 2.13. The fourth-order valence-corrected chi connectivity index (χ4v) is 2.76. The summed E-state index contributed by atoms with van der Waals surface area (Å²) in [6, 6.07) is 2.31.